The molecule has 1 aromatic carbocycles. The molecular weight excluding hydrogens is 265 g/mol. The maximum atomic E-state index is 13.3. The summed E-state index contributed by atoms with van der Waals surface area (Å²) >= 11 is 0. The lowest BCUT2D eigenvalue weighted by Crippen LogP contribution is -2.17. The molecule has 0 aliphatic rings. The van der Waals surface area contributed by atoms with Crippen molar-refractivity contribution in [3.8, 4) is 11.3 Å². The molecule has 20 heavy (non-hydrogen) atoms. The third-order valence-corrected chi connectivity index (χ3v) is 2.68. The largest absolute Gasteiger partial charge is 0.355 e. The molecule has 2 aromatic rings. The highest BCUT2D eigenvalue weighted by atomic mass is 19.1. The molecule has 0 radical (unpaired) electrons. The zero-order valence-electron chi connectivity index (χ0n) is 10.5. The predicted octanol–water partition coefficient (Wildman–Crippen LogP) is 2.16. The lowest BCUT2D eigenvalue weighted by atomic mass is 10.1. The van der Waals surface area contributed by atoms with Gasteiger partial charge in [0.25, 0.3) is 11.6 Å². The fraction of sp³-hybridized carbons (Fsp3) is 0.0769. The number of hydrogen-bond acceptors (Lipinski definition) is 4. The van der Waals surface area contributed by atoms with E-state index in [1.165, 1.54) is 25.4 Å². The van der Waals surface area contributed by atoms with Gasteiger partial charge < -0.3 is 5.32 Å². The molecule has 0 bridgehead atoms. The van der Waals surface area contributed by atoms with E-state index in [9.17, 15) is 19.3 Å². The van der Waals surface area contributed by atoms with E-state index in [4.69, 9.17) is 0 Å². The quantitative estimate of drug-likeness (QED) is 0.687. The first-order chi connectivity index (χ1) is 9.52. The summed E-state index contributed by atoms with van der Waals surface area (Å²) in [7, 11) is 1.47. The smallest absolute Gasteiger partial charge is 0.278 e. The maximum absolute atomic E-state index is 13.3. The van der Waals surface area contributed by atoms with E-state index in [0.29, 0.717) is 0 Å². The van der Waals surface area contributed by atoms with Crippen molar-refractivity contribution in [3.63, 3.8) is 0 Å². The highest BCUT2D eigenvalue weighted by molar-refractivity contribution is 5.95. The Bertz CT molecular complexity index is 688. The van der Waals surface area contributed by atoms with Crippen LogP contribution in [0.1, 0.15) is 10.4 Å². The maximum Gasteiger partial charge on any atom is 0.278 e. The second kappa shape index (κ2) is 5.43. The minimum Gasteiger partial charge on any atom is -0.355 e. The van der Waals surface area contributed by atoms with Gasteiger partial charge in [-0.2, -0.15) is 0 Å². The van der Waals surface area contributed by atoms with Gasteiger partial charge in [-0.1, -0.05) is 0 Å². The summed E-state index contributed by atoms with van der Waals surface area (Å²) in [5, 5.41) is 13.4. The van der Waals surface area contributed by atoms with Gasteiger partial charge in [0.05, 0.1) is 16.2 Å². The Kier molecular flexibility index (Phi) is 3.69. The molecule has 0 atom stereocenters. The Hall–Kier alpha value is -2.83. The standard InChI is InChI=1S/C13H10FN3O3/c1-15-13(18)8-4-5-16-11(6-8)10-7-9(14)2-3-12(10)17(19)20/h2-7H,1H3,(H,15,18). The van der Waals surface area contributed by atoms with Crippen LogP contribution in [0.15, 0.2) is 36.5 Å². The predicted molar refractivity (Wildman–Crippen MR) is 69.7 cm³/mol. The molecule has 2 rings (SSSR count). The van der Waals surface area contributed by atoms with Crippen molar-refractivity contribution in [2.75, 3.05) is 7.05 Å². The van der Waals surface area contributed by atoms with E-state index in [1.54, 1.807) is 0 Å². The van der Waals surface area contributed by atoms with Crippen LogP contribution < -0.4 is 5.32 Å². The van der Waals surface area contributed by atoms with Gasteiger partial charge in [-0.25, -0.2) is 4.39 Å². The number of aromatic nitrogens is 1. The summed E-state index contributed by atoms with van der Waals surface area (Å²) in [6.07, 6.45) is 1.34. The van der Waals surface area contributed by atoms with Crippen molar-refractivity contribution in [2.24, 2.45) is 0 Å². The molecule has 0 fully saturated rings. The van der Waals surface area contributed by atoms with Crippen LogP contribution in [0.4, 0.5) is 10.1 Å². The van der Waals surface area contributed by atoms with E-state index in [0.717, 1.165) is 18.2 Å². The van der Waals surface area contributed by atoms with E-state index >= 15 is 0 Å². The molecular formula is C13H10FN3O3. The first-order valence-corrected chi connectivity index (χ1v) is 5.65. The average Bonchev–Trinajstić information content (AvgIpc) is 2.46. The number of benzene rings is 1. The average molecular weight is 275 g/mol. The SMILES string of the molecule is CNC(=O)c1ccnc(-c2cc(F)ccc2[N+](=O)[O-])c1. The molecule has 0 spiro atoms. The number of amides is 1. The third-order valence-electron chi connectivity index (χ3n) is 2.68. The van der Waals surface area contributed by atoms with Crippen molar-refractivity contribution in [1.29, 1.82) is 0 Å². The Labute approximate surface area is 113 Å². The van der Waals surface area contributed by atoms with Crippen molar-refractivity contribution >= 4 is 11.6 Å². The Morgan fingerprint density at radius 2 is 2.10 bits per heavy atom. The van der Waals surface area contributed by atoms with Crippen LogP contribution >= 0.6 is 0 Å². The molecule has 0 saturated heterocycles. The van der Waals surface area contributed by atoms with Crippen LogP contribution in [0.5, 0.6) is 0 Å². The Balaban J connectivity index is 2.59. The summed E-state index contributed by atoms with van der Waals surface area (Å²) < 4.78 is 13.3. The van der Waals surface area contributed by atoms with Crippen LogP contribution in [-0.2, 0) is 0 Å². The number of nitro groups is 1. The number of halogens is 1. The normalized spacial score (nSPS) is 10.1. The van der Waals surface area contributed by atoms with Crippen molar-refractivity contribution < 1.29 is 14.1 Å². The minimum atomic E-state index is -0.622. The Morgan fingerprint density at radius 1 is 1.35 bits per heavy atom. The molecule has 1 heterocycles. The van der Waals surface area contributed by atoms with Crippen LogP contribution in [0.25, 0.3) is 11.3 Å². The number of carbonyl (C=O) groups is 1. The highest BCUT2D eigenvalue weighted by Gasteiger charge is 2.18. The molecule has 1 aromatic heterocycles. The highest BCUT2D eigenvalue weighted by Crippen LogP contribution is 2.29. The van der Waals surface area contributed by atoms with Crippen LogP contribution in [0.2, 0.25) is 0 Å². The second-order valence-corrected chi connectivity index (χ2v) is 3.93. The number of hydrogen-bond donors (Lipinski definition) is 1. The lowest BCUT2D eigenvalue weighted by Gasteiger charge is -2.05. The number of nitrogens with zero attached hydrogens (tertiary/aromatic N) is 2. The van der Waals surface area contributed by atoms with E-state index in [2.05, 4.69) is 10.3 Å². The molecule has 1 amide bonds. The van der Waals surface area contributed by atoms with Gasteiger partial charge in [0.1, 0.15) is 5.82 Å². The molecule has 6 nitrogen and oxygen atoms in total. The van der Waals surface area contributed by atoms with Crippen molar-refractivity contribution in [1.82, 2.24) is 10.3 Å². The summed E-state index contributed by atoms with van der Waals surface area (Å²) in [5.41, 5.74) is 0.210. The van der Waals surface area contributed by atoms with Gasteiger partial charge >= 0.3 is 0 Å². The monoisotopic (exact) mass is 275 g/mol. The van der Waals surface area contributed by atoms with Gasteiger partial charge in [-0.3, -0.25) is 19.9 Å². The number of carbonyl (C=O) groups excluding carboxylic acids is 1. The van der Waals surface area contributed by atoms with E-state index in [1.807, 2.05) is 0 Å². The zero-order chi connectivity index (χ0) is 14.7. The summed E-state index contributed by atoms with van der Waals surface area (Å²) in [6.45, 7) is 0. The second-order valence-electron chi connectivity index (χ2n) is 3.93. The minimum absolute atomic E-state index is 0.0285. The number of nitrogens with one attached hydrogen (secondary N) is 1. The number of nitro benzene ring substituents is 1. The van der Waals surface area contributed by atoms with E-state index < -0.39 is 10.7 Å². The number of rotatable bonds is 3. The summed E-state index contributed by atoms with van der Waals surface area (Å²) in [5.74, 6) is -0.967. The Morgan fingerprint density at radius 3 is 2.75 bits per heavy atom. The third kappa shape index (κ3) is 2.61. The van der Waals surface area contributed by atoms with Gasteiger partial charge in [0.2, 0.25) is 0 Å². The van der Waals surface area contributed by atoms with Crippen molar-refractivity contribution in [3.05, 3.63) is 58.0 Å². The lowest BCUT2D eigenvalue weighted by molar-refractivity contribution is -0.384. The first-order valence-electron chi connectivity index (χ1n) is 5.65. The molecule has 7 heteroatoms. The van der Waals surface area contributed by atoms with Crippen LogP contribution in [0.3, 0.4) is 0 Å². The number of pyridine rings is 1. The van der Waals surface area contributed by atoms with Crippen LogP contribution in [0, 0.1) is 15.9 Å². The fourth-order valence-corrected chi connectivity index (χ4v) is 1.74. The molecule has 102 valence electrons. The fourth-order valence-electron chi connectivity index (χ4n) is 1.74. The topological polar surface area (TPSA) is 85.1 Å². The van der Waals surface area contributed by atoms with Crippen molar-refractivity contribution in [2.45, 2.75) is 0 Å². The molecule has 0 saturated carbocycles. The van der Waals surface area contributed by atoms with Gasteiger partial charge in [-0.05, 0) is 24.3 Å². The van der Waals surface area contributed by atoms with Crippen LogP contribution in [-0.4, -0.2) is 22.9 Å². The zero-order valence-corrected chi connectivity index (χ0v) is 10.5. The molecule has 0 unspecified atom stereocenters. The van der Waals surface area contributed by atoms with Gasteiger partial charge in [0, 0.05) is 24.9 Å². The molecule has 0 aliphatic carbocycles. The molecule has 1 N–H and O–H groups in total. The summed E-state index contributed by atoms with van der Waals surface area (Å²) in [6, 6.07) is 5.94. The molecule has 0 aliphatic heterocycles. The first kappa shape index (κ1) is 13.6. The summed E-state index contributed by atoms with van der Waals surface area (Å²) in [4.78, 5) is 25.8. The van der Waals surface area contributed by atoms with Gasteiger partial charge in [0.15, 0.2) is 0 Å². The van der Waals surface area contributed by atoms with E-state index in [-0.39, 0.29) is 28.4 Å². The van der Waals surface area contributed by atoms with Gasteiger partial charge in [-0.15, -0.1) is 0 Å².